The molecule has 1 aliphatic rings. The Morgan fingerprint density at radius 3 is 2.50 bits per heavy atom. The third-order valence-corrected chi connectivity index (χ3v) is 5.26. The number of piperazine rings is 1. The van der Waals surface area contributed by atoms with Crippen molar-refractivity contribution in [2.24, 2.45) is 0 Å². The van der Waals surface area contributed by atoms with Gasteiger partial charge in [-0.05, 0) is 43.2 Å². The molecular formula is C20H22ClN3O4. The second-order valence-electron chi connectivity index (χ2n) is 6.77. The van der Waals surface area contributed by atoms with Crippen molar-refractivity contribution in [2.75, 3.05) is 37.7 Å². The van der Waals surface area contributed by atoms with Crippen molar-refractivity contribution in [3.8, 4) is 5.75 Å². The van der Waals surface area contributed by atoms with Gasteiger partial charge in [0, 0.05) is 32.2 Å². The molecule has 148 valence electrons. The second-order valence-corrected chi connectivity index (χ2v) is 7.17. The zero-order valence-electron chi connectivity index (χ0n) is 15.9. The lowest BCUT2D eigenvalue weighted by Crippen LogP contribution is -2.50. The van der Waals surface area contributed by atoms with Crippen molar-refractivity contribution >= 4 is 28.9 Å². The summed E-state index contributed by atoms with van der Waals surface area (Å²) in [5.74, 6) is 0.563. The van der Waals surface area contributed by atoms with E-state index in [2.05, 4.69) is 0 Å². The number of nitrogens with zero attached hydrogens (tertiary/aromatic N) is 3. The fourth-order valence-electron chi connectivity index (χ4n) is 3.18. The highest BCUT2D eigenvalue weighted by Crippen LogP contribution is 2.35. The van der Waals surface area contributed by atoms with E-state index in [9.17, 15) is 14.9 Å². The summed E-state index contributed by atoms with van der Waals surface area (Å²) in [7, 11) is 0. The lowest BCUT2D eigenvalue weighted by molar-refractivity contribution is -0.384. The summed E-state index contributed by atoms with van der Waals surface area (Å²) in [5.41, 5.74) is 2.67. The maximum absolute atomic E-state index is 12.5. The van der Waals surface area contributed by atoms with Crippen LogP contribution in [0.25, 0.3) is 0 Å². The highest BCUT2D eigenvalue weighted by molar-refractivity contribution is 6.33. The van der Waals surface area contributed by atoms with Gasteiger partial charge in [0.2, 0.25) is 0 Å². The fourth-order valence-corrected chi connectivity index (χ4v) is 3.47. The zero-order chi connectivity index (χ0) is 20.3. The first-order valence-electron chi connectivity index (χ1n) is 9.02. The molecule has 0 aliphatic carbocycles. The summed E-state index contributed by atoms with van der Waals surface area (Å²) in [6.07, 6.45) is 0. The molecule has 0 atom stereocenters. The van der Waals surface area contributed by atoms with Gasteiger partial charge in [-0.2, -0.15) is 0 Å². The number of para-hydroxylation sites is 1. The number of carbonyl (C=O) groups is 1. The van der Waals surface area contributed by atoms with Gasteiger partial charge in [-0.15, -0.1) is 0 Å². The SMILES string of the molecule is Cc1ccc(OCC(=O)N2CCN(c3c(Cl)cccc3[N+](=O)[O-])CC2)cc1C. The lowest BCUT2D eigenvalue weighted by Gasteiger charge is -2.36. The van der Waals surface area contributed by atoms with Gasteiger partial charge < -0.3 is 14.5 Å². The molecule has 1 heterocycles. The Balaban J connectivity index is 1.59. The molecule has 0 aromatic heterocycles. The smallest absolute Gasteiger partial charge is 0.294 e. The average Bonchev–Trinajstić information content (AvgIpc) is 2.68. The topological polar surface area (TPSA) is 75.9 Å². The molecule has 7 nitrogen and oxygen atoms in total. The van der Waals surface area contributed by atoms with Crippen LogP contribution in [0.5, 0.6) is 5.75 Å². The molecule has 1 saturated heterocycles. The van der Waals surface area contributed by atoms with Gasteiger partial charge >= 0.3 is 0 Å². The standard InChI is InChI=1S/C20H22ClN3O4/c1-14-6-7-16(12-15(14)2)28-13-19(25)22-8-10-23(11-9-22)20-17(21)4-3-5-18(20)24(26)27/h3-7,12H,8-11,13H2,1-2H3. The molecule has 0 unspecified atom stereocenters. The van der Waals surface area contributed by atoms with Gasteiger partial charge in [-0.25, -0.2) is 0 Å². The van der Waals surface area contributed by atoms with E-state index in [0.717, 1.165) is 5.56 Å². The van der Waals surface area contributed by atoms with Crippen LogP contribution >= 0.6 is 11.6 Å². The number of rotatable bonds is 5. The number of hydrogen-bond acceptors (Lipinski definition) is 5. The number of aryl methyl sites for hydroxylation is 2. The minimum absolute atomic E-state index is 0.0228. The Hall–Kier alpha value is -2.80. The van der Waals surface area contributed by atoms with E-state index < -0.39 is 4.92 Å². The number of hydrogen-bond donors (Lipinski definition) is 0. The van der Waals surface area contributed by atoms with Crippen molar-refractivity contribution in [1.82, 2.24) is 4.90 Å². The average molecular weight is 404 g/mol. The Kier molecular flexibility index (Phi) is 6.04. The normalized spacial score (nSPS) is 14.1. The summed E-state index contributed by atoms with van der Waals surface area (Å²) in [4.78, 5) is 26.9. The Labute approximate surface area is 168 Å². The van der Waals surface area contributed by atoms with Gasteiger partial charge in [0.25, 0.3) is 11.6 Å². The van der Waals surface area contributed by atoms with E-state index in [1.165, 1.54) is 11.6 Å². The first-order valence-corrected chi connectivity index (χ1v) is 9.40. The predicted molar refractivity (Wildman–Crippen MR) is 108 cm³/mol. The summed E-state index contributed by atoms with van der Waals surface area (Å²) in [5, 5.41) is 11.6. The monoisotopic (exact) mass is 403 g/mol. The molecule has 1 amide bonds. The van der Waals surface area contributed by atoms with E-state index in [1.54, 1.807) is 17.0 Å². The number of nitro benzene ring substituents is 1. The van der Waals surface area contributed by atoms with Gasteiger partial charge in [0.1, 0.15) is 11.4 Å². The van der Waals surface area contributed by atoms with Crippen LogP contribution in [0.15, 0.2) is 36.4 Å². The number of amides is 1. The molecule has 0 spiro atoms. The molecule has 0 radical (unpaired) electrons. The molecule has 8 heteroatoms. The van der Waals surface area contributed by atoms with Crippen LogP contribution < -0.4 is 9.64 Å². The van der Waals surface area contributed by atoms with Crippen molar-refractivity contribution < 1.29 is 14.5 Å². The predicted octanol–water partition coefficient (Wildman–Crippen LogP) is 3.59. The molecule has 2 aromatic carbocycles. The van der Waals surface area contributed by atoms with Crippen molar-refractivity contribution in [3.05, 3.63) is 62.7 Å². The summed E-state index contributed by atoms with van der Waals surface area (Å²) >= 11 is 6.20. The maximum Gasteiger partial charge on any atom is 0.294 e. The molecular weight excluding hydrogens is 382 g/mol. The number of anilines is 1. The molecule has 1 fully saturated rings. The minimum Gasteiger partial charge on any atom is -0.484 e. The van der Waals surface area contributed by atoms with E-state index in [0.29, 0.717) is 42.6 Å². The molecule has 2 aromatic rings. The molecule has 0 N–H and O–H groups in total. The molecule has 1 aliphatic heterocycles. The molecule has 0 bridgehead atoms. The number of carbonyl (C=O) groups excluding carboxylic acids is 1. The van der Waals surface area contributed by atoms with Crippen LogP contribution in [0.4, 0.5) is 11.4 Å². The lowest BCUT2D eigenvalue weighted by atomic mass is 10.1. The van der Waals surface area contributed by atoms with Gasteiger partial charge in [-0.1, -0.05) is 23.7 Å². The van der Waals surface area contributed by atoms with Gasteiger partial charge in [0.15, 0.2) is 6.61 Å². The van der Waals surface area contributed by atoms with E-state index in [1.807, 2.05) is 36.9 Å². The fraction of sp³-hybridized carbons (Fsp3) is 0.350. The minimum atomic E-state index is -0.434. The summed E-state index contributed by atoms with van der Waals surface area (Å²) in [6, 6.07) is 10.4. The quantitative estimate of drug-likeness (QED) is 0.563. The number of benzene rings is 2. The third-order valence-electron chi connectivity index (χ3n) is 4.95. The zero-order valence-corrected chi connectivity index (χ0v) is 16.6. The van der Waals surface area contributed by atoms with Crippen LogP contribution in [0.3, 0.4) is 0 Å². The summed E-state index contributed by atoms with van der Waals surface area (Å²) in [6.45, 7) is 5.84. The highest BCUT2D eigenvalue weighted by atomic mass is 35.5. The Morgan fingerprint density at radius 1 is 1.14 bits per heavy atom. The van der Waals surface area contributed by atoms with Crippen molar-refractivity contribution in [1.29, 1.82) is 0 Å². The number of nitro groups is 1. The largest absolute Gasteiger partial charge is 0.484 e. The molecule has 0 saturated carbocycles. The molecule has 28 heavy (non-hydrogen) atoms. The van der Waals surface area contributed by atoms with Crippen LogP contribution in [-0.4, -0.2) is 48.5 Å². The van der Waals surface area contributed by atoms with Crippen LogP contribution in [0.2, 0.25) is 5.02 Å². The summed E-state index contributed by atoms with van der Waals surface area (Å²) < 4.78 is 5.62. The van der Waals surface area contributed by atoms with Crippen LogP contribution in [0, 0.1) is 24.0 Å². The number of ether oxygens (including phenoxy) is 1. The number of halogens is 1. The van der Waals surface area contributed by atoms with Crippen LogP contribution in [-0.2, 0) is 4.79 Å². The van der Waals surface area contributed by atoms with Crippen molar-refractivity contribution in [2.45, 2.75) is 13.8 Å². The van der Waals surface area contributed by atoms with E-state index in [4.69, 9.17) is 16.3 Å². The first-order chi connectivity index (χ1) is 13.4. The molecule has 3 rings (SSSR count). The third kappa shape index (κ3) is 4.36. The Morgan fingerprint density at radius 2 is 1.86 bits per heavy atom. The van der Waals surface area contributed by atoms with Crippen molar-refractivity contribution in [3.63, 3.8) is 0 Å². The van der Waals surface area contributed by atoms with Gasteiger partial charge in [-0.3, -0.25) is 14.9 Å². The highest BCUT2D eigenvalue weighted by Gasteiger charge is 2.27. The maximum atomic E-state index is 12.5. The Bertz CT molecular complexity index is 895. The van der Waals surface area contributed by atoms with E-state index >= 15 is 0 Å². The van der Waals surface area contributed by atoms with Crippen LogP contribution in [0.1, 0.15) is 11.1 Å². The second kappa shape index (κ2) is 8.48. The van der Waals surface area contributed by atoms with E-state index in [-0.39, 0.29) is 18.2 Å². The van der Waals surface area contributed by atoms with Gasteiger partial charge in [0.05, 0.1) is 9.95 Å². The first kappa shape index (κ1) is 19.9.